The lowest BCUT2D eigenvalue weighted by Gasteiger charge is -2.11. The molecule has 8 heteroatoms. The van der Waals surface area contributed by atoms with Gasteiger partial charge in [0.05, 0.1) is 26.0 Å². The summed E-state index contributed by atoms with van der Waals surface area (Å²) in [7, 11) is 3.18. The van der Waals surface area contributed by atoms with Gasteiger partial charge in [0.1, 0.15) is 18.1 Å². The smallest absolute Gasteiger partial charge is 0.249 e. The molecule has 0 fully saturated rings. The number of benzene rings is 1. The van der Waals surface area contributed by atoms with E-state index < -0.39 is 0 Å². The van der Waals surface area contributed by atoms with Crippen LogP contribution in [-0.4, -0.2) is 33.9 Å². The zero-order chi connectivity index (χ0) is 18.8. The van der Waals surface area contributed by atoms with Gasteiger partial charge in [-0.15, -0.1) is 0 Å². The number of aromatic nitrogens is 4. The molecule has 138 valence electrons. The van der Waals surface area contributed by atoms with Crippen LogP contribution in [0.3, 0.4) is 0 Å². The van der Waals surface area contributed by atoms with Crippen molar-refractivity contribution in [2.75, 3.05) is 14.2 Å². The van der Waals surface area contributed by atoms with Crippen LogP contribution >= 0.6 is 0 Å². The van der Waals surface area contributed by atoms with Crippen molar-refractivity contribution >= 4 is 0 Å². The fraction of sp³-hybridized carbons (Fsp3) is 0.211. The molecule has 1 aromatic carbocycles. The molecule has 4 aromatic rings. The Balaban J connectivity index is 1.65. The highest BCUT2D eigenvalue weighted by Gasteiger charge is 2.21. The van der Waals surface area contributed by atoms with E-state index in [2.05, 4.69) is 15.1 Å². The predicted octanol–water partition coefficient (Wildman–Crippen LogP) is 3.82. The van der Waals surface area contributed by atoms with Crippen molar-refractivity contribution < 1.29 is 18.4 Å². The maximum Gasteiger partial charge on any atom is 0.249 e. The van der Waals surface area contributed by atoms with Gasteiger partial charge in [-0.2, -0.15) is 4.98 Å². The second-order valence-electron chi connectivity index (χ2n) is 5.87. The average molecular weight is 366 g/mol. The standard InChI is InChI=1S/C19H18N4O4/c1-12(23-8-7-20-18(23)14-6-9-26-11-14)19-21-17(22-27-19)13-4-5-15(24-2)16(10-13)25-3/h4-12H,1-3H3. The molecule has 0 saturated carbocycles. The van der Waals surface area contributed by atoms with Crippen molar-refractivity contribution in [3.8, 4) is 34.3 Å². The maximum atomic E-state index is 5.50. The Morgan fingerprint density at radius 2 is 1.93 bits per heavy atom. The Bertz CT molecular complexity index is 1040. The highest BCUT2D eigenvalue weighted by Crippen LogP contribution is 2.32. The first-order valence-electron chi connectivity index (χ1n) is 8.32. The zero-order valence-corrected chi connectivity index (χ0v) is 15.1. The van der Waals surface area contributed by atoms with Crippen molar-refractivity contribution in [3.63, 3.8) is 0 Å². The summed E-state index contributed by atoms with van der Waals surface area (Å²) in [5, 5.41) is 4.11. The highest BCUT2D eigenvalue weighted by atomic mass is 16.5. The second kappa shape index (κ2) is 6.99. The summed E-state index contributed by atoms with van der Waals surface area (Å²) in [5.41, 5.74) is 1.65. The van der Waals surface area contributed by atoms with Gasteiger partial charge in [-0.25, -0.2) is 4.98 Å². The van der Waals surface area contributed by atoms with E-state index in [0.717, 1.165) is 17.0 Å². The van der Waals surface area contributed by atoms with Crippen LogP contribution in [0.25, 0.3) is 22.8 Å². The van der Waals surface area contributed by atoms with Crippen LogP contribution in [0, 0.1) is 0 Å². The van der Waals surface area contributed by atoms with E-state index >= 15 is 0 Å². The molecule has 4 rings (SSSR count). The lowest BCUT2D eigenvalue weighted by molar-refractivity contribution is 0.346. The first-order valence-corrected chi connectivity index (χ1v) is 8.32. The van der Waals surface area contributed by atoms with Gasteiger partial charge in [-0.05, 0) is 31.2 Å². The van der Waals surface area contributed by atoms with Gasteiger partial charge in [0.25, 0.3) is 0 Å². The van der Waals surface area contributed by atoms with Crippen LogP contribution in [0.1, 0.15) is 18.9 Å². The van der Waals surface area contributed by atoms with Gasteiger partial charge in [0.2, 0.25) is 11.7 Å². The Kier molecular flexibility index (Phi) is 4.37. The molecular formula is C19H18N4O4. The molecule has 8 nitrogen and oxygen atoms in total. The number of nitrogens with zero attached hydrogens (tertiary/aromatic N) is 4. The number of hydrogen-bond donors (Lipinski definition) is 0. The summed E-state index contributed by atoms with van der Waals surface area (Å²) in [6.45, 7) is 1.97. The van der Waals surface area contributed by atoms with Gasteiger partial charge in [0.15, 0.2) is 11.5 Å². The van der Waals surface area contributed by atoms with Gasteiger partial charge in [-0.1, -0.05) is 5.16 Å². The Labute approximate surface area is 155 Å². The van der Waals surface area contributed by atoms with Crippen LogP contribution in [0.15, 0.2) is 58.1 Å². The molecule has 0 aliphatic rings. The summed E-state index contributed by atoms with van der Waals surface area (Å²) in [4.78, 5) is 8.94. The quantitative estimate of drug-likeness (QED) is 0.512. The average Bonchev–Trinajstić information content (AvgIpc) is 3.47. The van der Waals surface area contributed by atoms with Crippen LogP contribution in [0.5, 0.6) is 11.5 Å². The third-order valence-electron chi connectivity index (χ3n) is 4.31. The summed E-state index contributed by atoms with van der Waals surface area (Å²) < 4.78 is 23.2. The van der Waals surface area contributed by atoms with Crippen molar-refractivity contribution in [2.24, 2.45) is 0 Å². The van der Waals surface area contributed by atoms with Gasteiger partial charge < -0.3 is 23.0 Å². The number of methoxy groups -OCH3 is 2. The van der Waals surface area contributed by atoms with Crippen molar-refractivity contribution in [2.45, 2.75) is 13.0 Å². The number of imidazole rings is 1. The van der Waals surface area contributed by atoms with E-state index in [4.69, 9.17) is 18.4 Å². The topological polar surface area (TPSA) is 88.3 Å². The molecule has 3 aromatic heterocycles. The summed E-state index contributed by atoms with van der Waals surface area (Å²) in [5.74, 6) is 2.96. The molecule has 0 bridgehead atoms. The van der Waals surface area contributed by atoms with E-state index in [1.54, 1.807) is 39.0 Å². The van der Waals surface area contributed by atoms with Crippen LogP contribution in [-0.2, 0) is 0 Å². The van der Waals surface area contributed by atoms with Crippen LogP contribution in [0.4, 0.5) is 0 Å². The molecular weight excluding hydrogens is 348 g/mol. The lowest BCUT2D eigenvalue weighted by atomic mass is 10.2. The second-order valence-corrected chi connectivity index (χ2v) is 5.87. The number of rotatable bonds is 6. The molecule has 0 spiro atoms. The maximum absolute atomic E-state index is 5.50. The van der Waals surface area contributed by atoms with Crippen molar-refractivity contribution in [3.05, 3.63) is 55.1 Å². The van der Waals surface area contributed by atoms with E-state index in [1.165, 1.54) is 0 Å². The molecule has 0 N–H and O–H groups in total. The number of hydrogen-bond acceptors (Lipinski definition) is 7. The molecule has 0 radical (unpaired) electrons. The molecule has 27 heavy (non-hydrogen) atoms. The Morgan fingerprint density at radius 3 is 2.67 bits per heavy atom. The van der Waals surface area contributed by atoms with Gasteiger partial charge in [-0.3, -0.25) is 0 Å². The molecule has 1 unspecified atom stereocenters. The fourth-order valence-electron chi connectivity index (χ4n) is 2.86. The minimum Gasteiger partial charge on any atom is -0.493 e. The minimum absolute atomic E-state index is 0.196. The first-order chi connectivity index (χ1) is 13.2. The van der Waals surface area contributed by atoms with Crippen LogP contribution in [0.2, 0.25) is 0 Å². The van der Waals surface area contributed by atoms with Gasteiger partial charge >= 0.3 is 0 Å². The van der Waals surface area contributed by atoms with E-state index in [9.17, 15) is 0 Å². The first kappa shape index (κ1) is 16.9. The molecule has 0 aliphatic heterocycles. The molecule has 0 saturated heterocycles. The summed E-state index contributed by atoms with van der Waals surface area (Å²) >= 11 is 0. The number of ether oxygens (including phenoxy) is 2. The van der Waals surface area contributed by atoms with Crippen molar-refractivity contribution in [1.82, 2.24) is 19.7 Å². The molecule has 1 atom stereocenters. The normalized spacial score (nSPS) is 12.1. The molecule has 0 aliphatic carbocycles. The summed E-state index contributed by atoms with van der Waals surface area (Å²) in [6, 6.07) is 7.13. The zero-order valence-electron chi connectivity index (χ0n) is 15.1. The fourth-order valence-corrected chi connectivity index (χ4v) is 2.86. The largest absolute Gasteiger partial charge is 0.493 e. The third-order valence-corrected chi connectivity index (χ3v) is 4.31. The van der Waals surface area contributed by atoms with Gasteiger partial charge in [0, 0.05) is 18.0 Å². The molecule has 3 heterocycles. The SMILES string of the molecule is COc1ccc(-c2noc(C(C)n3ccnc3-c3ccoc3)n2)cc1OC. The number of furan rings is 1. The van der Waals surface area contributed by atoms with E-state index in [-0.39, 0.29) is 6.04 Å². The Hall–Kier alpha value is -3.55. The summed E-state index contributed by atoms with van der Waals surface area (Å²) in [6.07, 6.45) is 6.85. The van der Waals surface area contributed by atoms with Crippen molar-refractivity contribution in [1.29, 1.82) is 0 Å². The van der Waals surface area contributed by atoms with E-state index in [1.807, 2.05) is 35.9 Å². The lowest BCUT2D eigenvalue weighted by Crippen LogP contribution is -2.07. The monoisotopic (exact) mass is 366 g/mol. The molecule has 0 amide bonds. The highest BCUT2D eigenvalue weighted by molar-refractivity contribution is 5.60. The van der Waals surface area contributed by atoms with E-state index in [0.29, 0.717) is 23.2 Å². The van der Waals surface area contributed by atoms with Crippen LogP contribution < -0.4 is 9.47 Å². The third kappa shape index (κ3) is 3.05. The Morgan fingerprint density at radius 1 is 1.07 bits per heavy atom. The minimum atomic E-state index is -0.196. The predicted molar refractivity (Wildman–Crippen MR) is 96.6 cm³/mol.